The molecule has 0 saturated heterocycles. The molecule has 7 heteroatoms. The predicted molar refractivity (Wildman–Crippen MR) is 82.3 cm³/mol. The molecule has 0 spiro atoms. The van der Waals surface area contributed by atoms with E-state index in [4.69, 9.17) is 5.73 Å². The fourth-order valence-electron chi connectivity index (χ4n) is 2.04. The summed E-state index contributed by atoms with van der Waals surface area (Å²) in [4.78, 5) is 13.5. The highest BCUT2D eigenvalue weighted by Gasteiger charge is 2.30. The standard InChI is InChI=1S/C13H29N3O3S/c1-11(2)15-13(3,12(14)17)7-6-8-16(4)9-10-20(5,18)19/h11,15H,6-10H2,1-5H3,(H2,14,17). The zero-order valence-electron chi connectivity index (χ0n) is 13.3. The van der Waals surface area contributed by atoms with Gasteiger partial charge < -0.3 is 16.0 Å². The molecule has 20 heavy (non-hydrogen) atoms. The molecule has 0 saturated carbocycles. The van der Waals surface area contributed by atoms with Gasteiger partial charge in [0.1, 0.15) is 9.84 Å². The van der Waals surface area contributed by atoms with Crippen molar-refractivity contribution in [3.05, 3.63) is 0 Å². The molecular formula is C13H29N3O3S. The van der Waals surface area contributed by atoms with Crippen LogP contribution in [0.1, 0.15) is 33.6 Å². The number of rotatable bonds is 10. The zero-order valence-corrected chi connectivity index (χ0v) is 14.1. The molecule has 0 bridgehead atoms. The number of carbonyl (C=O) groups is 1. The number of nitrogens with two attached hydrogens (primary N) is 1. The van der Waals surface area contributed by atoms with Crippen molar-refractivity contribution in [3.63, 3.8) is 0 Å². The van der Waals surface area contributed by atoms with Gasteiger partial charge in [0.05, 0.1) is 11.3 Å². The van der Waals surface area contributed by atoms with Crippen molar-refractivity contribution >= 4 is 15.7 Å². The average Bonchev–Trinajstić information content (AvgIpc) is 2.24. The molecule has 0 aliphatic rings. The Hall–Kier alpha value is -0.660. The maximum atomic E-state index is 11.6. The molecule has 0 aromatic heterocycles. The molecule has 0 aliphatic heterocycles. The van der Waals surface area contributed by atoms with Gasteiger partial charge in [0.15, 0.2) is 0 Å². The van der Waals surface area contributed by atoms with Crippen LogP contribution in [-0.2, 0) is 14.6 Å². The first-order valence-corrected chi connectivity index (χ1v) is 8.96. The number of hydrogen-bond acceptors (Lipinski definition) is 5. The zero-order chi connectivity index (χ0) is 16.0. The van der Waals surface area contributed by atoms with E-state index in [2.05, 4.69) is 5.32 Å². The Bertz CT molecular complexity index is 409. The van der Waals surface area contributed by atoms with Crippen molar-refractivity contribution in [1.82, 2.24) is 10.2 Å². The van der Waals surface area contributed by atoms with Crippen LogP contribution < -0.4 is 11.1 Å². The Morgan fingerprint density at radius 2 is 1.90 bits per heavy atom. The lowest BCUT2D eigenvalue weighted by Crippen LogP contribution is -2.55. The summed E-state index contributed by atoms with van der Waals surface area (Å²) in [5.41, 5.74) is 4.74. The number of primary amides is 1. The molecule has 1 amide bonds. The molecule has 0 rings (SSSR count). The smallest absolute Gasteiger partial charge is 0.237 e. The van der Waals surface area contributed by atoms with Crippen LogP contribution in [0, 0.1) is 0 Å². The highest BCUT2D eigenvalue weighted by molar-refractivity contribution is 7.90. The van der Waals surface area contributed by atoms with E-state index in [1.807, 2.05) is 32.7 Å². The van der Waals surface area contributed by atoms with E-state index in [1.165, 1.54) is 6.26 Å². The minimum absolute atomic E-state index is 0.154. The average molecular weight is 307 g/mol. The number of carbonyl (C=O) groups excluding carboxylic acids is 1. The second kappa shape index (κ2) is 7.95. The number of amides is 1. The highest BCUT2D eigenvalue weighted by Crippen LogP contribution is 2.13. The summed E-state index contributed by atoms with van der Waals surface area (Å²) < 4.78 is 22.2. The van der Waals surface area contributed by atoms with E-state index in [1.54, 1.807) is 0 Å². The summed E-state index contributed by atoms with van der Waals surface area (Å²) in [6.07, 6.45) is 2.64. The van der Waals surface area contributed by atoms with E-state index in [9.17, 15) is 13.2 Å². The van der Waals surface area contributed by atoms with Gasteiger partial charge in [-0.05, 0) is 47.2 Å². The van der Waals surface area contributed by atoms with Crippen LogP contribution in [0.15, 0.2) is 0 Å². The third kappa shape index (κ3) is 8.50. The predicted octanol–water partition coefficient (Wildman–Crippen LogP) is -0.0150. The second-order valence-electron chi connectivity index (χ2n) is 6.03. The van der Waals surface area contributed by atoms with Crippen molar-refractivity contribution in [2.45, 2.75) is 45.2 Å². The number of hydrogen-bond donors (Lipinski definition) is 2. The van der Waals surface area contributed by atoms with Crippen LogP contribution in [0.25, 0.3) is 0 Å². The second-order valence-corrected chi connectivity index (χ2v) is 8.29. The summed E-state index contributed by atoms with van der Waals surface area (Å²) in [6.45, 7) is 6.99. The van der Waals surface area contributed by atoms with Gasteiger partial charge in [-0.15, -0.1) is 0 Å². The minimum atomic E-state index is -2.93. The van der Waals surface area contributed by atoms with Crippen LogP contribution in [0.5, 0.6) is 0 Å². The molecule has 3 N–H and O–H groups in total. The number of sulfone groups is 1. The van der Waals surface area contributed by atoms with Crippen LogP contribution >= 0.6 is 0 Å². The van der Waals surface area contributed by atoms with Gasteiger partial charge >= 0.3 is 0 Å². The van der Waals surface area contributed by atoms with Crippen LogP contribution in [0.4, 0.5) is 0 Å². The molecular weight excluding hydrogens is 278 g/mol. The largest absolute Gasteiger partial charge is 0.368 e. The van der Waals surface area contributed by atoms with E-state index in [-0.39, 0.29) is 17.7 Å². The summed E-state index contributed by atoms with van der Waals surface area (Å²) in [5, 5.41) is 3.20. The maximum absolute atomic E-state index is 11.6. The van der Waals surface area contributed by atoms with E-state index < -0.39 is 15.4 Å². The Kier molecular flexibility index (Phi) is 7.69. The molecule has 0 heterocycles. The molecule has 0 fully saturated rings. The minimum Gasteiger partial charge on any atom is -0.368 e. The highest BCUT2D eigenvalue weighted by atomic mass is 32.2. The van der Waals surface area contributed by atoms with Gasteiger partial charge in [-0.25, -0.2) is 8.42 Å². The molecule has 0 aliphatic carbocycles. The van der Waals surface area contributed by atoms with E-state index >= 15 is 0 Å². The van der Waals surface area contributed by atoms with Crippen molar-refractivity contribution in [3.8, 4) is 0 Å². The molecule has 0 radical (unpaired) electrons. The molecule has 0 aromatic carbocycles. The summed E-state index contributed by atoms with van der Waals surface area (Å²) in [7, 11) is -1.05. The first-order chi connectivity index (χ1) is 8.96. The summed E-state index contributed by atoms with van der Waals surface area (Å²) in [6, 6.07) is 0.176. The number of nitrogens with one attached hydrogen (secondary N) is 1. The lowest BCUT2D eigenvalue weighted by Gasteiger charge is -2.30. The normalized spacial score (nSPS) is 15.6. The molecule has 120 valence electrons. The Morgan fingerprint density at radius 1 is 1.35 bits per heavy atom. The molecule has 6 nitrogen and oxygen atoms in total. The van der Waals surface area contributed by atoms with E-state index in [0.29, 0.717) is 13.0 Å². The van der Waals surface area contributed by atoms with Crippen molar-refractivity contribution in [2.24, 2.45) is 5.73 Å². The third-order valence-electron chi connectivity index (χ3n) is 3.21. The Labute approximate surface area is 123 Å². The Balaban J connectivity index is 4.21. The van der Waals surface area contributed by atoms with Crippen LogP contribution in [0.3, 0.4) is 0 Å². The quantitative estimate of drug-likeness (QED) is 0.592. The molecule has 1 unspecified atom stereocenters. The van der Waals surface area contributed by atoms with Crippen molar-refractivity contribution in [2.75, 3.05) is 32.1 Å². The van der Waals surface area contributed by atoms with Gasteiger partial charge in [-0.1, -0.05) is 0 Å². The topological polar surface area (TPSA) is 92.5 Å². The maximum Gasteiger partial charge on any atom is 0.237 e. The lowest BCUT2D eigenvalue weighted by atomic mass is 9.94. The van der Waals surface area contributed by atoms with Crippen molar-refractivity contribution in [1.29, 1.82) is 0 Å². The van der Waals surface area contributed by atoms with Crippen molar-refractivity contribution < 1.29 is 13.2 Å². The lowest BCUT2D eigenvalue weighted by molar-refractivity contribution is -0.124. The first-order valence-electron chi connectivity index (χ1n) is 6.90. The fraction of sp³-hybridized carbons (Fsp3) is 0.923. The molecule has 0 aromatic rings. The van der Waals surface area contributed by atoms with E-state index in [0.717, 1.165) is 13.0 Å². The van der Waals surface area contributed by atoms with Gasteiger partial charge in [-0.2, -0.15) is 0 Å². The monoisotopic (exact) mass is 307 g/mol. The van der Waals surface area contributed by atoms with Gasteiger partial charge in [-0.3, -0.25) is 4.79 Å². The van der Waals surface area contributed by atoms with Gasteiger partial charge in [0, 0.05) is 18.8 Å². The van der Waals surface area contributed by atoms with Crippen LogP contribution in [-0.4, -0.2) is 63.0 Å². The SMILES string of the molecule is CC(C)NC(C)(CCCN(C)CCS(C)(=O)=O)C(N)=O. The molecule has 1 atom stereocenters. The van der Waals surface area contributed by atoms with Crippen LogP contribution in [0.2, 0.25) is 0 Å². The summed E-state index contributed by atoms with van der Waals surface area (Å²) in [5.74, 6) is -0.203. The summed E-state index contributed by atoms with van der Waals surface area (Å²) >= 11 is 0. The van der Waals surface area contributed by atoms with Gasteiger partial charge in [0.2, 0.25) is 5.91 Å². The first kappa shape index (κ1) is 19.3. The fourth-order valence-corrected chi connectivity index (χ4v) is 2.68. The Morgan fingerprint density at radius 3 is 2.30 bits per heavy atom. The van der Waals surface area contributed by atoms with Gasteiger partial charge in [0.25, 0.3) is 0 Å². The third-order valence-corrected chi connectivity index (χ3v) is 4.14. The number of nitrogens with zero attached hydrogens (tertiary/aromatic N) is 1.